The molecule has 124 valence electrons. The quantitative estimate of drug-likeness (QED) is 0.620. The third kappa shape index (κ3) is 3.92. The van der Waals surface area contributed by atoms with Crippen molar-refractivity contribution in [2.24, 2.45) is 0 Å². The molecule has 0 spiro atoms. The van der Waals surface area contributed by atoms with E-state index in [1.54, 1.807) is 12.1 Å². The minimum Gasteiger partial charge on any atom is -0.207 e. The first-order valence-electron chi connectivity index (χ1n) is 7.85. The number of nitrogens with zero attached hydrogens (tertiary/aromatic N) is 2. The first kappa shape index (κ1) is 17.9. The Bertz CT molecular complexity index is 753. The zero-order chi connectivity index (χ0) is 17.3. The molecule has 1 saturated heterocycles. The molecule has 0 saturated carbocycles. The normalized spacial score (nSPS) is 19.3. The maximum Gasteiger partial charge on any atom is 0.243 e. The fourth-order valence-corrected chi connectivity index (χ4v) is 5.96. The second-order valence-electron chi connectivity index (χ2n) is 7.10. The Hall–Kier alpha value is -1.42. The van der Waals surface area contributed by atoms with E-state index >= 15 is 0 Å². The minimum absolute atomic E-state index is 0.330. The number of nitriles is 1. The van der Waals surface area contributed by atoms with Crippen LogP contribution in [0.5, 0.6) is 0 Å². The average Bonchev–Trinajstić information content (AvgIpc) is 2.47. The summed E-state index contributed by atoms with van der Waals surface area (Å²) in [5.74, 6) is 0. The standard InChI is InChI=1S/C17H24N2O2SSi/c1-14-7-9-16(10-8-14)22(20,21)19-11-5-6-15(13-19)17(12-18)23(2,3)4/h7-10H,5-6,11,13H2,1-4H3/b17-15-. The van der Waals surface area contributed by atoms with Crippen LogP contribution in [0.2, 0.25) is 19.6 Å². The van der Waals surface area contributed by atoms with Crippen molar-refractivity contribution in [1.82, 2.24) is 4.31 Å². The molecule has 1 aliphatic heterocycles. The SMILES string of the molecule is Cc1ccc(S(=O)(=O)N2CCC/C(=C(\C#N)[Si](C)(C)C)C2)cc1. The Morgan fingerprint density at radius 1 is 1.22 bits per heavy atom. The summed E-state index contributed by atoms with van der Waals surface area (Å²) in [6, 6.07) is 9.30. The molecule has 1 fully saturated rings. The molecule has 4 nitrogen and oxygen atoms in total. The topological polar surface area (TPSA) is 61.2 Å². The highest BCUT2D eigenvalue weighted by Crippen LogP contribution is 2.28. The van der Waals surface area contributed by atoms with E-state index in [0.29, 0.717) is 18.0 Å². The van der Waals surface area contributed by atoms with Crippen molar-refractivity contribution in [3.05, 3.63) is 40.6 Å². The summed E-state index contributed by atoms with van der Waals surface area (Å²) in [5, 5.41) is 10.4. The Morgan fingerprint density at radius 2 is 1.83 bits per heavy atom. The van der Waals surface area contributed by atoms with Crippen molar-refractivity contribution in [2.45, 2.75) is 44.3 Å². The monoisotopic (exact) mass is 348 g/mol. The zero-order valence-corrected chi connectivity index (χ0v) is 16.1. The van der Waals surface area contributed by atoms with E-state index in [9.17, 15) is 13.7 Å². The maximum absolute atomic E-state index is 12.8. The Labute approximate surface area is 140 Å². The molecule has 2 rings (SSSR count). The highest BCUT2D eigenvalue weighted by atomic mass is 32.2. The lowest BCUT2D eigenvalue weighted by Crippen LogP contribution is -2.38. The summed E-state index contributed by atoms with van der Waals surface area (Å²) < 4.78 is 27.2. The fourth-order valence-electron chi connectivity index (χ4n) is 2.89. The van der Waals surface area contributed by atoms with Crippen LogP contribution in [-0.4, -0.2) is 33.9 Å². The predicted octanol–water partition coefficient (Wildman–Crippen LogP) is 3.48. The van der Waals surface area contributed by atoms with E-state index < -0.39 is 18.1 Å². The second-order valence-corrected chi connectivity index (χ2v) is 14.0. The van der Waals surface area contributed by atoms with Crippen LogP contribution in [0.3, 0.4) is 0 Å². The van der Waals surface area contributed by atoms with E-state index in [1.807, 2.05) is 19.1 Å². The molecule has 0 radical (unpaired) electrons. The van der Waals surface area contributed by atoms with Gasteiger partial charge in [-0.3, -0.25) is 0 Å². The van der Waals surface area contributed by atoms with Crippen molar-refractivity contribution in [3.8, 4) is 6.07 Å². The molecule has 0 aromatic heterocycles. The molecule has 0 unspecified atom stereocenters. The van der Waals surface area contributed by atoms with Crippen LogP contribution in [0, 0.1) is 18.3 Å². The molecule has 0 aliphatic carbocycles. The Kier molecular flexibility index (Phi) is 5.14. The number of aryl methyl sites for hydroxylation is 1. The molecule has 23 heavy (non-hydrogen) atoms. The van der Waals surface area contributed by atoms with Crippen LogP contribution in [0.4, 0.5) is 0 Å². The van der Waals surface area contributed by atoms with Gasteiger partial charge in [-0.15, -0.1) is 0 Å². The summed E-state index contributed by atoms with van der Waals surface area (Å²) in [5.41, 5.74) is 2.04. The van der Waals surface area contributed by atoms with Crippen molar-refractivity contribution in [3.63, 3.8) is 0 Å². The largest absolute Gasteiger partial charge is 0.243 e. The molecule has 1 aromatic carbocycles. The maximum atomic E-state index is 12.8. The fraction of sp³-hybridized carbons (Fsp3) is 0.471. The van der Waals surface area contributed by atoms with Crippen LogP contribution in [-0.2, 0) is 10.0 Å². The number of hydrogen-bond donors (Lipinski definition) is 0. The van der Waals surface area contributed by atoms with Gasteiger partial charge in [-0.1, -0.05) is 37.3 Å². The van der Waals surface area contributed by atoms with Gasteiger partial charge >= 0.3 is 0 Å². The number of hydrogen-bond acceptors (Lipinski definition) is 3. The van der Waals surface area contributed by atoms with Gasteiger partial charge in [0.2, 0.25) is 10.0 Å². The van der Waals surface area contributed by atoms with Gasteiger partial charge in [-0.25, -0.2) is 8.42 Å². The van der Waals surface area contributed by atoms with Crippen molar-refractivity contribution < 1.29 is 8.42 Å². The van der Waals surface area contributed by atoms with Gasteiger partial charge in [0.1, 0.15) is 0 Å². The number of benzene rings is 1. The first-order valence-corrected chi connectivity index (χ1v) is 12.8. The summed E-state index contributed by atoms with van der Waals surface area (Å²) >= 11 is 0. The van der Waals surface area contributed by atoms with Crippen molar-refractivity contribution >= 4 is 18.1 Å². The lowest BCUT2D eigenvalue weighted by Gasteiger charge is -2.30. The van der Waals surface area contributed by atoms with Gasteiger partial charge in [-0.05, 0) is 37.5 Å². The number of piperidine rings is 1. The van der Waals surface area contributed by atoms with E-state index in [-0.39, 0.29) is 0 Å². The Balaban J connectivity index is 2.36. The number of rotatable bonds is 3. The molecule has 1 aliphatic rings. The molecule has 1 heterocycles. The van der Waals surface area contributed by atoms with Crippen LogP contribution >= 0.6 is 0 Å². The van der Waals surface area contributed by atoms with Crippen LogP contribution in [0.25, 0.3) is 0 Å². The van der Waals surface area contributed by atoms with E-state index in [1.165, 1.54) is 4.31 Å². The van der Waals surface area contributed by atoms with Gasteiger partial charge in [0.05, 0.1) is 19.0 Å². The van der Waals surface area contributed by atoms with Gasteiger partial charge in [0.25, 0.3) is 0 Å². The van der Waals surface area contributed by atoms with Crippen molar-refractivity contribution in [2.75, 3.05) is 13.1 Å². The molecule has 0 bridgehead atoms. The van der Waals surface area contributed by atoms with E-state index in [4.69, 9.17) is 0 Å². The summed E-state index contributed by atoms with van der Waals surface area (Å²) in [6.07, 6.45) is 1.60. The highest BCUT2D eigenvalue weighted by Gasteiger charge is 2.31. The zero-order valence-electron chi connectivity index (χ0n) is 14.3. The summed E-state index contributed by atoms with van der Waals surface area (Å²) in [7, 11) is -5.25. The number of allylic oxidation sites excluding steroid dienone is 1. The van der Waals surface area contributed by atoms with Gasteiger partial charge in [0, 0.05) is 18.3 Å². The van der Waals surface area contributed by atoms with Gasteiger partial charge < -0.3 is 0 Å². The first-order chi connectivity index (χ1) is 10.7. The predicted molar refractivity (Wildman–Crippen MR) is 95.2 cm³/mol. The van der Waals surface area contributed by atoms with E-state index in [0.717, 1.165) is 29.2 Å². The lowest BCUT2D eigenvalue weighted by atomic mass is 10.1. The molecule has 6 heteroatoms. The second kappa shape index (κ2) is 6.60. The lowest BCUT2D eigenvalue weighted by molar-refractivity contribution is 0.394. The van der Waals surface area contributed by atoms with Gasteiger partial charge in [0.15, 0.2) is 0 Å². The Morgan fingerprint density at radius 3 is 2.35 bits per heavy atom. The molecular weight excluding hydrogens is 324 g/mol. The summed E-state index contributed by atoms with van der Waals surface area (Å²) in [6.45, 7) is 9.20. The summed E-state index contributed by atoms with van der Waals surface area (Å²) in [4.78, 5) is 0.330. The van der Waals surface area contributed by atoms with Crippen LogP contribution in [0.1, 0.15) is 18.4 Å². The molecule has 1 aromatic rings. The third-order valence-corrected chi connectivity index (χ3v) is 7.95. The molecular formula is C17H24N2O2SSi. The van der Waals surface area contributed by atoms with E-state index in [2.05, 4.69) is 25.7 Å². The average molecular weight is 349 g/mol. The smallest absolute Gasteiger partial charge is 0.207 e. The minimum atomic E-state index is -3.49. The number of sulfonamides is 1. The molecule has 0 atom stereocenters. The van der Waals surface area contributed by atoms with Crippen LogP contribution < -0.4 is 0 Å². The third-order valence-electron chi connectivity index (χ3n) is 4.13. The highest BCUT2D eigenvalue weighted by molar-refractivity contribution is 7.89. The van der Waals surface area contributed by atoms with Crippen molar-refractivity contribution in [1.29, 1.82) is 5.26 Å². The van der Waals surface area contributed by atoms with Gasteiger partial charge in [-0.2, -0.15) is 9.57 Å². The van der Waals surface area contributed by atoms with Crippen LogP contribution in [0.15, 0.2) is 39.9 Å². The molecule has 0 amide bonds. The molecule has 0 N–H and O–H groups in total.